The third-order valence-corrected chi connectivity index (χ3v) is 3.22. The summed E-state index contributed by atoms with van der Waals surface area (Å²) in [5.41, 5.74) is -0.531. The minimum atomic E-state index is -4.40. The van der Waals surface area contributed by atoms with Gasteiger partial charge in [-0.3, -0.25) is 0 Å². The molecule has 102 valence electrons. The van der Waals surface area contributed by atoms with Crippen LogP contribution in [0.2, 0.25) is 0 Å². The highest BCUT2D eigenvalue weighted by atomic mass is 32.1. The van der Waals surface area contributed by atoms with Gasteiger partial charge in [0.05, 0.1) is 22.4 Å². The van der Waals surface area contributed by atoms with Crippen LogP contribution in [0.5, 0.6) is 0 Å². The van der Waals surface area contributed by atoms with Crippen LogP contribution < -0.4 is 0 Å². The van der Waals surface area contributed by atoms with Gasteiger partial charge in [0.2, 0.25) is 0 Å². The highest BCUT2D eigenvalue weighted by molar-refractivity contribution is 7.18. The van der Waals surface area contributed by atoms with Gasteiger partial charge in [0, 0.05) is 0 Å². The van der Waals surface area contributed by atoms with E-state index in [0.29, 0.717) is 9.71 Å². The predicted molar refractivity (Wildman–Crippen MR) is 61.9 cm³/mol. The van der Waals surface area contributed by atoms with Crippen molar-refractivity contribution in [3.63, 3.8) is 0 Å². The van der Waals surface area contributed by atoms with Gasteiger partial charge in [0.25, 0.3) is 0 Å². The molecule has 0 unspecified atom stereocenters. The molecule has 0 radical (unpaired) electrons. The Kier molecular flexibility index (Phi) is 3.72. The van der Waals surface area contributed by atoms with Gasteiger partial charge in [-0.15, -0.1) is 11.3 Å². The number of alkyl halides is 3. The maximum absolute atomic E-state index is 12.5. The van der Waals surface area contributed by atoms with Crippen molar-refractivity contribution in [2.45, 2.75) is 12.8 Å². The number of thiazole rings is 1. The molecule has 1 aromatic carbocycles. The Hall–Kier alpha value is -1.67. The van der Waals surface area contributed by atoms with E-state index in [2.05, 4.69) is 4.98 Å². The molecule has 0 spiro atoms. The SMILES string of the molecule is O=C(O)COCc1nc2cc(C(F)(F)F)ccc2s1. The van der Waals surface area contributed by atoms with Crippen molar-refractivity contribution in [3.8, 4) is 0 Å². The Morgan fingerprint density at radius 1 is 1.42 bits per heavy atom. The van der Waals surface area contributed by atoms with Crippen molar-refractivity contribution in [2.75, 3.05) is 6.61 Å². The van der Waals surface area contributed by atoms with Crippen molar-refractivity contribution >= 4 is 27.5 Å². The number of aliphatic carboxylic acids is 1. The van der Waals surface area contributed by atoms with E-state index in [4.69, 9.17) is 9.84 Å². The number of halogens is 3. The van der Waals surface area contributed by atoms with Gasteiger partial charge >= 0.3 is 12.1 Å². The van der Waals surface area contributed by atoms with Gasteiger partial charge in [-0.2, -0.15) is 13.2 Å². The fraction of sp³-hybridized carbons (Fsp3) is 0.273. The Morgan fingerprint density at radius 3 is 2.79 bits per heavy atom. The summed E-state index contributed by atoms with van der Waals surface area (Å²) in [6.45, 7) is -0.503. The Labute approximate surface area is 109 Å². The van der Waals surface area contributed by atoms with Crippen LogP contribution in [0.3, 0.4) is 0 Å². The van der Waals surface area contributed by atoms with Crippen LogP contribution >= 0.6 is 11.3 Å². The number of carboxylic acids is 1. The van der Waals surface area contributed by atoms with Crippen LogP contribution in [-0.2, 0) is 22.3 Å². The average Bonchev–Trinajstić information content (AvgIpc) is 2.68. The standard InChI is InChI=1S/C11H8F3NO3S/c12-11(13,14)6-1-2-8-7(3-6)15-9(19-8)4-18-5-10(16)17/h1-3H,4-5H2,(H,16,17). The molecule has 1 N–H and O–H groups in total. The molecule has 1 heterocycles. The number of nitrogens with zero attached hydrogens (tertiary/aromatic N) is 1. The van der Waals surface area contributed by atoms with Crippen molar-refractivity contribution in [3.05, 3.63) is 28.8 Å². The molecule has 19 heavy (non-hydrogen) atoms. The summed E-state index contributed by atoms with van der Waals surface area (Å²) in [6.07, 6.45) is -4.40. The van der Waals surface area contributed by atoms with E-state index in [1.165, 1.54) is 17.4 Å². The molecule has 2 rings (SSSR count). The minimum absolute atomic E-state index is 0.0347. The normalized spacial score (nSPS) is 11.9. The number of rotatable bonds is 4. The molecule has 0 atom stereocenters. The summed E-state index contributed by atoms with van der Waals surface area (Å²) >= 11 is 1.17. The second kappa shape index (κ2) is 5.14. The first-order valence-electron chi connectivity index (χ1n) is 5.12. The summed E-state index contributed by atoms with van der Waals surface area (Å²) in [5, 5.41) is 8.83. The van der Waals surface area contributed by atoms with E-state index in [1.807, 2.05) is 0 Å². The summed E-state index contributed by atoms with van der Waals surface area (Å²) in [4.78, 5) is 14.2. The molecule has 0 saturated heterocycles. The van der Waals surface area contributed by atoms with Gasteiger partial charge in [0.1, 0.15) is 11.6 Å². The largest absolute Gasteiger partial charge is 0.480 e. The lowest BCUT2D eigenvalue weighted by atomic mass is 10.2. The maximum atomic E-state index is 12.5. The van der Waals surface area contributed by atoms with E-state index in [1.54, 1.807) is 0 Å². The molecule has 0 aliphatic rings. The molecule has 0 aliphatic heterocycles. The topological polar surface area (TPSA) is 59.4 Å². The summed E-state index contributed by atoms with van der Waals surface area (Å²) in [5.74, 6) is -1.11. The zero-order chi connectivity index (χ0) is 14.0. The van der Waals surface area contributed by atoms with E-state index < -0.39 is 24.3 Å². The number of hydrogen-bond donors (Lipinski definition) is 1. The molecule has 0 aliphatic carbocycles. The third-order valence-electron chi connectivity index (χ3n) is 2.21. The van der Waals surface area contributed by atoms with Crippen LogP contribution in [0.15, 0.2) is 18.2 Å². The number of carboxylic acid groups (broad SMARTS) is 1. The maximum Gasteiger partial charge on any atom is 0.416 e. The van der Waals surface area contributed by atoms with Gasteiger partial charge in [-0.1, -0.05) is 0 Å². The molecule has 8 heteroatoms. The summed E-state index contributed by atoms with van der Waals surface area (Å²) in [6, 6.07) is 3.30. The molecule has 1 aromatic heterocycles. The first kappa shape index (κ1) is 13.8. The highest BCUT2D eigenvalue weighted by Crippen LogP contribution is 2.32. The van der Waals surface area contributed by atoms with E-state index in [9.17, 15) is 18.0 Å². The van der Waals surface area contributed by atoms with Crippen LogP contribution in [0.25, 0.3) is 10.2 Å². The van der Waals surface area contributed by atoms with Crippen molar-refractivity contribution in [1.29, 1.82) is 0 Å². The first-order chi connectivity index (χ1) is 8.86. The number of fused-ring (bicyclic) bond motifs is 1. The van der Waals surface area contributed by atoms with Crippen molar-refractivity contribution in [2.24, 2.45) is 0 Å². The van der Waals surface area contributed by atoms with Gasteiger partial charge in [-0.05, 0) is 18.2 Å². The monoisotopic (exact) mass is 291 g/mol. The number of hydrogen-bond acceptors (Lipinski definition) is 4. The third kappa shape index (κ3) is 3.42. The van der Waals surface area contributed by atoms with Crippen LogP contribution in [0.1, 0.15) is 10.6 Å². The molecule has 0 bridgehead atoms. The number of ether oxygens (including phenoxy) is 1. The quantitative estimate of drug-likeness (QED) is 0.941. The summed E-state index contributed by atoms with van der Waals surface area (Å²) < 4.78 is 42.9. The van der Waals surface area contributed by atoms with Crippen LogP contribution in [0.4, 0.5) is 13.2 Å². The lowest BCUT2D eigenvalue weighted by Gasteiger charge is -2.04. The fourth-order valence-electron chi connectivity index (χ4n) is 1.44. The second-order valence-electron chi connectivity index (χ2n) is 3.67. The number of benzene rings is 1. The first-order valence-corrected chi connectivity index (χ1v) is 5.94. The van der Waals surface area contributed by atoms with Gasteiger partial charge in [0.15, 0.2) is 0 Å². The Morgan fingerprint density at radius 2 is 2.16 bits per heavy atom. The zero-order valence-electron chi connectivity index (χ0n) is 9.40. The molecular formula is C11H8F3NO3S. The van der Waals surface area contributed by atoms with Crippen LogP contribution in [0, 0.1) is 0 Å². The molecular weight excluding hydrogens is 283 g/mol. The number of aromatic nitrogens is 1. The molecule has 0 amide bonds. The van der Waals surface area contributed by atoms with Crippen molar-refractivity contribution < 1.29 is 27.8 Å². The lowest BCUT2D eigenvalue weighted by Crippen LogP contribution is -2.06. The molecule has 0 fully saturated rings. The average molecular weight is 291 g/mol. The van der Waals surface area contributed by atoms with Gasteiger partial charge < -0.3 is 9.84 Å². The predicted octanol–water partition coefficient (Wildman–Crippen LogP) is 2.92. The molecule has 2 aromatic rings. The highest BCUT2D eigenvalue weighted by Gasteiger charge is 2.30. The summed E-state index contributed by atoms with van der Waals surface area (Å²) in [7, 11) is 0. The van der Waals surface area contributed by atoms with Crippen LogP contribution in [-0.4, -0.2) is 22.7 Å². The molecule has 0 saturated carbocycles. The molecule has 4 nitrogen and oxygen atoms in total. The van der Waals surface area contributed by atoms with Crippen molar-refractivity contribution in [1.82, 2.24) is 4.98 Å². The van der Waals surface area contributed by atoms with E-state index >= 15 is 0 Å². The minimum Gasteiger partial charge on any atom is -0.480 e. The van der Waals surface area contributed by atoms with E-state index in [0.717, 1.165) is 12.1 Å². The second-order valence-corrected chi connectivity index (χ2v) is 4.79. The Balaban J connectivity index is 2.18. The number of carbonyl (C=O) groups is 1. The Bertz CT molecular complexity index is 609. The van der Waals surface area contributed by atoms with Gasteiger partial charge in [-0.25, -0.2) is 9.78 Å². The zero-order valence-corrected chi connectivity index (χ0v) is 10.2. The fourth-order valence-corrected chi connectivity index (χ4v) is 2.32. The van der Waals surface area contributed by atoms with E-state index in [-0.39, 0.29) is 12.1 Å². The lowest BCUT2D eigenvalue weighted by molar-refractivity contribution is -0.142. The smallest absolute Gasteiger partial charge is 0.416 e.